The summed E-state index contributed by atoms with van der Waals surface area (Å²) in [6.07, 6.45) is 18.0. The Hall–Kier alpha value is -3.31. The van der Waals surface area contributed by atoms with Crippen molar-refractivity contribution in [2.45, 2.75) is 116 Å². The number of benzene rings is 3. The summed E-state index contributed by atoms with van der Waals surface area (Å²) in [5.74, 6) is 1.50. The fourth-order valence-corrected chi connectivity index (χ4v) is 5.87. The molecule has 0 unspecified atom stereocenters. The molecule has 4 rings (SSSR count). The molecular weight excluding hydrogens is 548 g/mol. The number of aliphatic hydroxyl groups is 1. The van der Waals surface area contributed by atoms with Gasteiger partial charge in [0.05, 0.1) is 18.8 Å². The van der Waals surface area contributed by atoms with Crippen molar-refractivity contribution in [3.8, 4) is 28.4 Å². The lowest BCUT2D eigenvalue weighted by Crippen LogP contribution is -2.09. The predicted molar refractivity (Wildman–Crippen MR) is 179 cm³/mol. The topological polar surface area (TPSA) is 65.0 Å². The molecule has 0 aromatic heterocycles. The molecule has 0 saturated carbocycles. The highest BCUT2D eigenvalue weighted by Gasteiger charge is 2.28. The van der Waals surface area contributed by atoms with Crippen molar-refractivity contribution in [2.24, 2.45) is 0 Å². The van der Waals surface area contributed by atoms with E-state index in [1.165, 1.54) is 83.5 Å². The second kappa shape index (κ2) is 18.5. The van der Waals surface area contributed by atoms with E-state index in [-0.39, 0.29) is 0 Å². The molecule has 0 aliphatic heterocycles. The Morgan fingerprint density at radius 3 is 1.55 bits per heavy atom. The number of esters is 1. The normalized spacial score (nSPS) is 13.4. The molecule has 0 radical (unpaired) electrons. The number of aliphatic hydroxyl groups excluding tert-OH is 1. The van der Waals surface area contributed by atoms with Gasteiger partial charge in [-0.25, -0.2) is 4.79 Å². The van der Waals surface area contributed by atoms with Crippen LogP contribution in [0.3, 0.4) is 0 Å². The van der Waals surface area contributed by atoms with Gasteiger partial charge in [-0.15, -0.1) is 0 Å². The van der Waals surface area contributed by atoms with Crippen LogP contribution in [-0.4, -0.2) is 24.3 Å². The third kappa shape index (κ3) is 10.1. The molecule has 1 atom stereocenters. The zero-order chi connectivity index (χ0) is 31.0. The minimum Gasteiger partial charge on any atom is -0.494 e. The monoisotopic (exact) mass is 600 g/mol. The summed E-state index contributed by atoms with van der Waals surface area (Å²) in [4.78, 5) is 12.9. The second-order valence-corrected chi connectivity index (χ2v) is 12.1. The summed E-state index contributed by atoms with van der Waals surface area (Å²) in [6.45, 7) is 5.85. The molecule has 1 aliphatic carbocycles. The van der Waals surface area contributed by atoms with Gasteiger partial charge in [0.15, 0.2) is 0 Å². The summed E-state index contributed by atoms with van der Waals surface area (Å²) in [7, 11) is 0. The minimum absolute atomic E-state index is 0.408. The minimum atomic E-state index is -0.793. The van der Waals surface area contributed by atoms with E-state index in [0.29, 0.717) is 24.5 Å². The third-order valence-electron chi connectivity index (χ3n) is 8.51. The molecule has 5 heteroatoms. The smallest absolute Gasteiger partial charge is 0.343 e. The van der Waals surface area contributed by atoms with Gasteiger partial charge in [0.25, 0.3) is 0 Å². The number of ether oxygens (including phenoxy) is 3. The highest BCUT2D eigenvalue weighted by molar-refractivity contribution is 5.91. The van der Waals surface area contributed by atoms with Crippen LogP contribution in [0.25, 0.3) is 11.1 Å². The van der Waals surface area contributed by atoms with Crippen molar-refractivity contribution in [1.82, 2.24) is 0 Å². The van der Waals surface area contributed by atoms with E-state index < -0.39 is 12.1 Å². The van der Waals surface area contributed by atoms with Gasteiger partial charge in [0.2, 0.25) is 0 Å². The number of carbonyl (C=O) groups is 1. The predicted octanol–water partition coefficient (Wildman–Crippen LogP) is 10.6. The molecule has 1 aliphatic rings. The number of fused-ring (bicyclic) bond motifs is 3. The number of unbranched alkanes of at least 4 members (excludes halogenated alkanes) is 13. The number of rotatable bonds is 21. The van der Waals surface area contributed by atoms with Crippen LogP contribution in [0.4, 0.5) is 0 Å². The molecule has 238 valence electrons. The zero-order valence-corrected chi connectivity index (χ0v) is 27.0. The Balaban J connectivity index is 1.21. The maximum Gasteiger partial charge on any atom is 0.343 e. The van der Waals surface area contributed by atoms with Crippen LogP contribution in [-0.2, 0) is 0 Å². The first-order chi connectivity index (χ1) is 21.6. The van der Waals surface area contributed by atoms with E-state index in [0.717, 1.165) is 46.6 Å². The van der Waals surface area contributed by atoms with Crippen LogP contribution >= 0.6 is 0 Å². The third-order valence-corrected chi connectivity index (χ3v) is 8.51. The van der Waals surface area contributed by atoms with Crippen LogP contribution in [0.15, 0.2) is 60.7 Å². The molecule has 0 saturated heterocycles. The number of hydrogen-bond donors (Lipinski definition) is 1. The molecule has 0 spiro atoms. The summed E-state index contributed by atoms with van der Waals surface area (Å²) >= 11 is 0. The largest absolute Gasteiger partial charge is 0.494 e. The summed E-state index contributed by atoms with van der Waals surface area (Å²) in [5, 5.41) is 11.1. The summed E-state index contributed by atoms with van der Waals surface area (Å²) in [6, 6.07) is 18.5. The van der Waals surface area contributed by atoms with Crippen molar-refractivity contribution in [1.29, 1.82) is 0 Å². The van der Waals surface area contributed by atoms with Gasteiger partial charge >= 0.3 is 5.97 Å². The average molecular weight is 601 g/mol. The molecule has 0 fully saturated rings. The Kier molecular flexibility index (Phi) is 14.1. The Morgan fingerprint density at radius 1 is 0.568 bits per heavy atom. The quantitative estimate of drug-likeness (QED) is 0.0748. The molecule has 1 N–H and O–H groups in total. The zero-order valence-electron chi connectivity index (χ0n) is 27.0. The highest BCUT2D eigenvalue weighted by atomic mass is 16.5. The van der Waals surface area contributed by atoms with Gasteiger partial charge in [-0.05, 0) is 83.6 Å². The van der Waals surface area contributed by atoms with Crippen LogP contribution in [0.2, 0.25) is 0 Å². The van der Waals surface area contributed by atoms with Gasteiger partial charge in [-0.1, -0.05) is 109 Å². The van der Waals surface area contributed by atoms with Gasteiger partial charge < -0.3 is 19.3 Å². The van der Waals surface area contributed by atoms with Crippen LogP contribution < -0.4 is 14.2 Å². The number of carbonyl (C=O) groups excluding carboxylic acids is 1. The molecule has 44 heavy (non-hydrogen) atoms. The lowest BCUT2D eigenvalue weighted by molar-refractivity contribution is 0.0734. The van der Waals surface area contributed by atoms with Crippen LogP contribution in [0, 0.1) is 0 Å². The first kappa shape index (κ1) is 33.6. The first-order valence-corrected chi connectivity index (χ1v) is 17.1. The van der Waals surface area contributed by atoms with Crippen LogP contribution in [0.5, 0.6) is 17.2 Å². The van der Waals surface area contributed by atoms with E-state index in [9.17, 15) is 9.90 Å². The van der Waals surface area contributed by atoms with E-state index in [1.54, 1.807) is 24.3 Å². The van der Waals surface area contributed by atoms with E-state index >= 15 is 0 Å². The second-order valence-electron chi connectivity index (χ2n) is 12.1. The lowest BCUT2D eigenvalue weighted by Gasteiger charge is -2.10. The van der Waals surface area contributed by atoms with E-state index in [4.69, 9.17) is 14.2 Å². The SMILES string of the molecule is CCCCCCCCCCCOc1ccc(C(=O)Oc2ccc3c(c2)[C@H](O)c2cc(OCCCCCCCC)ccc2-3)cc1. The maximum absolute atomic E-state index is 12.9. The Labute approximate surface area is 264 Å². The van der Waals surface area contributed by atoms with Crippen molar-refractivity contribution >= 4 is 5.97 Å². The van der Waals surface area contributed by atoms with Crippen molar-refractivity contribution in [2.75, 3.05) is 13.2 Å². The van der Waals surface area contributed by atoms with E-state index in [2.05, 4.69) is 13.8 Å². The Bertz CT molecular complexity index is 1280. The fourth-order valence-electron chi connectivity index (χ4n) is 5.87. The Morgan fingerprint density at radius 2 is 1.00 bits per heavy atom. The van der Waals surface area contributed by atoms with Crippen molar-refractivity contribution in [3.63, 3.8) is 0 Å². The first-order valence-electron chi connectivity index (χ1n) is 17.1. The van der Waals surface area contributed by atoms with Gasteiger partial charge in [0.1, 0.15) is 23.4 Å². The van der Waals surface area contributed by atoms with Gasteiger partial charge in [-0.3, -0.25) is 0 Å². The average Bonchev–Trinajstić information content (AvgIpc) is 3.32. The van der Waals surface area contributed by atoms with Crippen LogP contribution in [0.1, 0.15) is 138 Å². The fraction of sp³-hybridized carbons (Fsp3) is 0.513. The molecular formula is C39H52O5. The molecule has 0 heterocycles. The summed E-state index contributed by atoms with van der Waals surface area (Å²) in [5.41, 5.74) is 3.94. The summed E-state index contributed by atoms with van der Waals surface area (Å²) < 4.78 is 17.5. The molecule has 5 nitrogen and oxygen atoms in total. The molecule has 0 bridgehead atoms. The maximum atomic E-state index is 12.9. The van der Waals surface area contributed by atoms with Gasteiger partial charge in [0, 0.05) is 0 Å². The van der Waals surface area contributed by atoms with E-state index in [1.807, 2.05) is 36.4 Å². The highest BCUT2D eigenvalue weighted by Crippen LogP contribution is 2.46. The lowest BCUT2D eigenvalue weighted by atomic mass is 10.1. The molecule has 0 amide bonds. The van der Waals surface area contributed by atoms with Crippen molar-refractivity contribution in [3.05, 3.63) is 77.4 Å². The molecule has 3 aromatic carbocycles. The standard InChI is InChI=1S/C39H52O5/c1-3-5-7-9-11-12-13-15-16-26-42-31-20-18-30(19-21-31)39(41)44-33-23-25-35-34-24-22-32(28-36(34)38(40)37(35)29-33)43-27-17-14-10-8-6-4-2/h18-25,28-29,38,40H,3-17,26-27H2,1-2H3/t38-/m1/s1. The van der Waals surface area contributed by atoms with Gasteiger partial charge in [-0.2, -0.15) is 0 Å². The number of hydrogen-bond acceptors (Lipinski definition) is 5. The molecule has 3 aromatic rings. The van der Waals surface area contributed by atoms with Crippen molar-refractivity contribution < 1.29 is 24.1 Å².